The molecular formula is C40H76O6. The molecule has 0 aromatic carbocycles. The van der Waals surface area contributed by atoms with Gasteiger partial charge in [0.2, 0.25) is 0 Å². The largest absolute Gasteiger partial charge is 0.343 e. The van der Waals surface area contributed by atoms with Crippen LogP contribution in [-0.4, -0.2) is 32.0 Å². The maximum atomic E-state index is 5.80. The van der Waals surface area contributed by atoms with Gasteiger partial charge in [0.05, 0.1) is 32.0 Å². The van der Waals surface area contributed by atoms with Gasteiger partial charge in [-0.05, 0) is 50.9 Å². The maximum Gasteiger partial charge on any atom is 0.135 e. The Hall–Kier alpha value is -1.18. The molecule has 0 rings (SSSR count). The van der Waals surface area contributed by atoms with Gasteiger partial charge in [-0.2, -0.15) is 4.89 Å². The normalized spacial score (nSPS) is 13.4. The van der Waals surface area contributed by atoms with Crippen molar-refractivity contribution in [1.29, 1.82) is 0 Å². The highest BCUT2D eigenvalue weighted by molar-refractivity contribution is 4.80. The Morgan fingerprint density at radius 2 is 0.935 bits per heavy atom. The molecule has 0 heterocycles. The first-order valence-corrected chi connectivity index (χ1v) is 19.4. The minimum Gasteiger partial charge on any atom is -0.343 e. The third-order valence-corrected chi connectivity index (χ3v) is 8.54. The monoisotopic (exact) mass is 653 g/mol. The second-order valence-corrected chi connectivity index (χ2v) is 13.1. The van der Waals surface area contributed by atoms with Crippen molar-refractivity contribution in [2.75, 3.05) is 19.8 Å². The Morgan fingerprint density at radius 3 is 1.37 bits per heavy atom. The van der Waals surface area contributed by atoms with E-state index >= 15 is 0 Å². The molecule has 272 valence electrons. The molecule has 0 aliphatic heterocycles. The van der Waals surface area contributed by atoms with Crippen molar-refractivity contribution in [3.63, 3.8) is 0 Å². The van der Waals surface area contributed by atoms with Crippen molar-refractivity contribution in [2.45, 2.75) is 193 Å². The summed E-state index contributed by atoms with van der Waals surface area (Å²) >= 11 is 0. The Bertz CT molecular complexity index is 618. The second kappa shape index (κ2) is 36.7. The number of hydrogen-bond acceptors (Lipinski definition) is 6. The lowest BCUT2D eigenvalue weighted by Crippen LogP contribution is -2.19. The van der Waals surface area contributed by atoms with Gasteiger partial charge < -0.3 is 4.89 Å². The lowest BCUT2D eigenvalue weighted by Gasteiger charge is -2.19. The zero-order chi connectivity index (χ0) is 33.8. The molecule has 6 heteroatoms. The van der Waals surface area contributed by atoms with E-state index in [1.807, 2.05) is 12.2 Å². The molecule has 46 heavy (non-hydrogen) atoms. The van der Waals surface area contributed by atoms with Gasteiger partial charge in [0, 0.05) is 6.42 Å². The second-order valence-electron chi connectivity index (χ2n) is 13.1. The fraction of sp³-hybridized carbons (Fsp3) is 0.850. The molecular weight excluding hydrogens is 576 g/mol. The Balaban J connectivity index is 4.59. The van der Waals surface area contributed by atoms with E-state index in [1.165, 1.54) is 96.3 Å². The van der Waals surface area contributed by atoms with E-state index in [9.17, 15) is 0 Å². The van der Waals surface area contributed by atoms with E-state index in [0.717, 1.165) is 64.2 Å². The molecule has 0 saturated heterocycles. The summed E-state index contributed by atoms with van der Waals surface area (Å²) in [4.78, 5) is 34.2. The highest BCUT2D eigenvalue weighted by Gasteiger charge is 2.15. The molecule has 0 fully saturated rings. The highest BCUT2D eigenvalue weighted by atomic mass is 17.2. The van der Waals surface area contributed by atoms with E-state index in [2.05, 4.69) is 40.5 Å². The fourth-order valence-electron chi connectivity index (χ4n) is 5.47. The number of rotatable bonds is 39. The maximum absolute atomic E-state index is 5.80. The first-order chi connectivity index (χ1) is 22.6. The van der Waals surface area contributed by atoms with Crippen molar-refractivity contribution < 1.29 is 29.3 Å². The van der Waals surface area contributed by atoms with Gasteiger partial charge in [-0.3, -0.25) is 0 Å². The van der Waals surface area contributed by atoms with Crippen molar-refractivity contribution in [3.8, 4) is 0 Å². The summed E-state index contributed by atoms with van der Waals surface area (Å²) in [5.74, 6) is 0.864. The zero-order valence-electron chi connectivity index (χ0n) is 30.8. The average Bonchev–Trinajstić information content (AvgIpc) is 3.05. The van der Waals surface area contributed by atoms with Crippen LogP contribution in [-0.2, 0) is 29.3 Å². The molecule has 2 atom stereocenters. The van der Waals surface area contributed by atoms with Crippen LogP contribution in [0.2, 0.25) is 0 Å². The van der Waals surface area contributed by atoms with Crippen LogP contribution in [0.1, 0.15) is 181 Å². The molecule has 2 unspecified atom stereocenters. The smallest absolute Gasteiger partial charge is 0.135 e. The van der Waals surface area contributed by atoms with Gasteiger partial charge in [0.25, 0.3) is 0 Å². The van der Waals surface area contributed by atoms with E-state index < -0.39 is 0 Å². The van der Waals surface area contributed by atoms with E-state index in [-0.39, 0.29) is 18.1 Å². The predicted molar refractivity (Wildman–Crippen MR) is 194 cm³/mol. The van der Waals surface area contributed by atoms with Gasteiger partial charge in [0.1, 0.15) is 5.76 Å². The van der Waals surface area contributed by atoms with Crippen molar-refractivity contribution >= 4 is 0 Å². The van der Waals surface area contributed by atoms with E-state index in [4.69, 9.17) is 29.3 Å². The number of unbranched alkanes of at least 4 members (excludes halogenated alkanes) is 15. The van der Waals surface area contributed by atoms with Crippen LogP contribution >= 0.6 is 0 Å². The Labute approximate surface area is 285 Å². The highest BCUT2D eigenvalue weighted by Crippen LogP contribution is 2.18. The van der Waals surface area contributed by atoms with Gasteiger partial charge >= 0.3 is 0 Å². The van der Waals surface area contributed by atoms with E-state index in [1.54, 1.807) is 0 Å². The molecule has 6 nitrogen and oxygen atoms in total. The molecule has 0 aromatic heterocycles. The first kappa shape index (κ1) is 44.8. The summed E-state index contributed by atoms with van der Waals surface area (Å²) < 4.78 is 0. The lowest BCUT2D eigenvalue weighted by atomic mass is 10.0. The lowest BCUT2D eigenvalue weighted by molar-refractivity contribution is -0.333. The molecule has 0 radical (unpaired) electrons. The summed E-state index contributed by atoms with van der Waals surface area (Å²) in [5, 5.41) is 0. The molecule has 0 spiro atoms. The standard InChI is InChI=1S/C40H76O6/c1-7-12-15-18-19-20-23-24-29-37(6)44-43-36-38(32-34-41-45-39(27-10-4)30-25-21-16-13-8-2)33-35-42-46-40(28-11-5)31-26-22-17-14-9-3/h10-11,38-40H,4-9,12-36H2,1-3H3. The van der Waals surface area contributed by atoms with Gasteiger partial charge in [-0.25, -0.2) is 19.6 Å². The van der Waals surface area contributed by atoms with Crippen LogP contribution in [0.5, 0.6) is 0 Å². The summed E-state index contributed by atoms with van der Waals surface area (Å²) in [6, 6.07) is 0. The fourth-order valence-corrected chi connectivity index (χ4v) is 5.47. The summed E-state index contributed by atoms with van der Waals surface area (Å²) in [6.07, 6.45) is 32.6. The molecule has 0 bridgehead atoms. The molecule has 0 aliphatic rings. The number of allylic oxidation sites excluding steroid dienone is 1. The van der Waals surface area contributed by atoms with Crippen LogP contribution < -0.4 is 0 Å². The number of hydrogen-bond donors (Lipinski definition) is 0. The molecule has 0 saturated carbocycles. The van der Waals surface area contributed by atoms with Crippen LogP contribution in [0.15, 0.2) is 37.6 Å². The van der Waals surface area contributed by atoms with Gasteiger partial charge in [-0.15, -0.1) is 13.2 Å². The third kappa shape index (κ3) is 31.4. The summed E-state index contributed by atoms with van der Waals surface area (Å²) in [6.45, 7) is 20.0. The van der Waals surface area contributed by atoms with Crippen LogP contribution in [0.3, 0.4) is 0 Å². The van der Waals surface area contributed by atoms with Crippen molar-refractivity contribution in [1.82, 2.24) is 0 Å². The SMILES string of the molecule is C=CCC(CCCCCCC)OOCCC(CCOOC(CC=C)CCCCCCC)COOC(=C)CCCCCCCCCC. The Kier molecular flexibility index (Phi) is 35.7. The molecule has 0 amide bonds. The van der Waals surface area contributed by atoms with Crippen LogP contribution in [0.25, 0.3) is 0 Å². The summed E-state index contributed by atoms with van der Waals surface area (Å²) in [7, 11) is 0. The zero-order valence-corrected chi connectivity index (χ0v) is 30.8. The van der Waals surface area contributed by atoms with Crippen molar-refractivity contribution in [3.05, 3.63) is 37.6 Å². The first-order valence-electron chi connectivity index (χ1n) is 19.4. The van der Waals surface area contributed by atoms with Crippen LogP contribution in [0.4, 0.5) is 0 Å². The van der Waals surface area contributed by atoms with E-state index in [0.29, 0.717) is 25.6 Å². The predicted octanol–water partition coefficient (Wildman–Crippen LogP) is 12.9. The van der Waals surface area contributed by atoms with Gasteiger partial charge in [0.15, 0.2) is 0 Å². The summed E-state index contributed by atoms with van der Waals surface area (Å²) in [5.41, 5.74) is 0. The minimum absolute atomic E-state index is 0.0531. The molecule has 0 N–H and O–H groups in total. The minimum atomic E-state index is 0.0531. The topological polar surface area (TPSA) is 55.4 Å². The van der Waals surface area contributed by atoms with Crippen LogP contribution in [0, 0.1) is 5.92 Å². The third-order valence-electron chi connectivity index (χ3n) is 8.54. The van der Waals surface area contributed by atoms with Gasteiger partial charge in [-0.1, -0.05) is 149 Å². The Morgan fingerprint density at radius 1 is 0.522 bits per heavy atom. The molecule has 0 aliphatic carbocycles. The average molecular weight is 653 g/mol. The van der Waals surface area contributed by atoms with Crippen molar-refractivity contribution in [2.24, 2.45) is 5.92 Å². The molecule has 0 aromatic rings. The quantitative estimate of drug-likeness (QED) is 0.0216.